The average molecular weight is 590 g/mol. The predicted octanol–water partition coefficient (Wildman–Crippen LogP) is 4.72. The smallest absolute Gasteiger partial charge is 0.326 e. The second kappa shape index (κ2) is 12.6. The molecular weight excluding hydrogens is 549 g/mol. The monoisotopic (exact) mass is 589 g/mol. The first-order chi connectivity index (χ1) is 20.8. The molecule has 2 aromatic rings. The summed E-state index contributed by atoms with van der Waals surface area (Å²) in [5.74, 6) is -1.69. The maximum atomic E-state index is 16.0. The quantitative estimate of drug-likeness (QED) is 0.341. The summed E-state index contributed by atoms with van der Waals surface area (Å²) in [5, 5.41) is 6.08. The second-order valence-corrected chi connectivity index (χ2v) is 12.7. The van der Waals surface area contributed by atoms with Crippen molar-refractivity contribution < 1.29 is 28.3 Å². The van der Waals surface area contributed by atoms with Crippen LogP contribution in [0.1, 0.15) is 97.7 Å². The van der Waals surface area contributed by atoms with Crippen LogP contribution in [0, 0.1) is 11.7 Å². The number of imide groups is 1. The molecule has 1 unspecified atom stereocenters. The molecule has 0 spiro atoms. The number of esters is 1. The van der Waals surface area contributed by atoms with E-state index >= 15 is 4.39 Å². The fourth-order valence-electron chi connectivity index (χ4n) is 7.51. The van der Waals surface area contributed by atoms with Gasteiger partial charge >= 0.3 is 5.97 Å². The summed E-state index contributed by atoms with van der Waals surface area (Å²) < 4.78 is 21.9. The van der Waals surface area contributed by atoms with Crippen molar-refractivity contribution in [2.24, 2.45) is 5.92 Å². The summed E-state index contributed by atoms with van der Waals surface area (Å²) in [4.78, 5) is 52.2. The minimum atomic E-state index is -0.777. The molecule has 3 amide bonds. The van der Waals surface area contributed by atoms with Crippen LogP contribution in [0.2, 0.25) is 0 Å². The lowest BCUT2D eigenvalue weighted by atomic mass is 9.76. The molecule has 0 bridgehead atoms. The highest BCUT2D eigenvalue weighted by Crippen LogP contribution is 2.37. The van der Waals surface area contributed by atoms with Crippen molar-refractivity contribution in [1.82, 2.24) is 15.5 Å². The van der Waals surface area contributed by atoms with Crippen molar-refractivity contribution in [2.45, 2.75) is 108 Å². The molecule has 0 aromatic heterocycles. The van der Waals surface area contributed by atoms with Crippen LogP contribution in [-0.2, 0) is 38.7 Å². The van der Waals surface area contributed by atoms with Gasteiger partial charge in [-0.25, -0.2) is 4.39 Å². The van der Waals surface area contributed by atoms with Crippen molar-refractivity contribution >= 4 is 23.7 Å². The molecule has 6 rings (SSSR count). The van der Waals surface area contributed by atoms with Crippen LogP contribution >= 0.6 is 0 Å². The normalized spacial score (nSPS) is 25.3. The molecule has 3 atom stereocenters. The number of rotatable bonds is 8. The van der Waals surface area contributed by atoms with Gasteiger partial charge in [-0.3, -0.25) is 29.8 Å². The van der Waals surface area contributed by atoms with E-state index in [9.17, 15) is 19.2 Å². The van der Waals surface area contributed by atoms with Crippen molar-refractivity contribution in [1.29, 1.82) is 0 Å². The zero-order valence-electron chi connectivity index (χ0n) is 24.5. The highest BCUT2D eigenvalue weighted by Gasteiger charge is 2.45. The van der Waals surface area contributed by atoms with E-state index in [0.717, 1.165) is 63.4 Å². The first-order valence-electron chi connectivity index (χ1n) is 15.8. The van der Waals surface area contributed by atoms with Gasteiger partial charge in [0.2, 0.25) is 11.8 Å². The summed E-state index contributed by atoms with van der Waals surface area (Å²) >= 11 is 0. The number of nitrogens with zero attached hydrogens (tertiary/aromatic N) is 1. The number of nitrogens with one attached hydrogen (secondary N) is 2. The Morgan fingerprint density at radius 3 is 2.51 bits per heavy atom. The first-order valence-corrected chi connectivity index (χ1v) is 15.8. The fraction of sp³-hybridized carbons (Fsp3) is 0.529. The highest BCUT2D eigenvalue weighted by atomic mass is 19.1. The third kappa shape index (κ3) is 6.09. The van der Waals surface area contributed by atoms with Crippen molar-refractivity contribution in [3.05, 3.63) is 70.5 Å². The van der Waals surface area contributed by atoms with Gasteiger partial charge in [-0.15, -0.1) is 0 Å². The number of hydrogen-bond donors (Lipinski definition) is 2. The third-order valence-corrected chi connectivity index (χ3v) is 9.89. The fourth-order valence-corrected chi connectivity index (χ4v) is 7.51. The van der Waals surface area contributed by atoms with Crippen LogP contribution in [0.15, 0.2) is 42.5 Å². The van der Waals surface area contributed by atoms with Crippen molar-refractivity contribution in [2.75, 3.05) is 0 Å². The summed E-state index contributed by atoms with van der Waals surface area (Å²) in [6, 6.07) is 12.4. The molecule has 9 heteroatoms. The Labute approximate surface area is 251 Å². The summed E-state index contributed by atoms with van der Waals surface area (Å²) in [6.45, 7) is 0.259. The van der Waals surface area contributed by atoms with Crippen LogP contribution in [0.3, 0.4) is 0 Å². The van der Waals surface area contributed by atoms with Crippen LogP contribution in [-0.4, -0.2) is 46.2 Å². The van der Waals surface area contributed by atoms with E-state index in [-0.39, 0.29) is 67.1 Å². The molecule has 4 aliphatic rings. The minimum Gasteiger partial charge on any atom is -0.459 e. The van der Waals surface area contributed by atoms with E-state index in [1.165, 1.54) is 4.90 Å². The molecule has 228 valence electrons. The Morgan fingerprint density at radius 2 is 1.74 bits per heavy atom. The van der Waals surface area contributed by atoms with Crippen LogP contribution in [0.5, 0.6) is 0 Å². The second-order valence-electron chi connectivity index (χ2n) is 12.7. The van der Waals surface area contributed by atoms with Gasteiger partial charge in [-0.1, -0.05) is 68.5 Å². The number of fused-ring (bicyclic) bond motifs is 1. The standard InChI is InChI=1S/C34H40FN3O5/c35-30-24(13-14-25-26(30)20-38(32(25)41)28-15-16-29(39)36-31(28)40)19-23-11-5-6-12-27(23)37-34(17-7-2-8-18-34)33(42)43-21-22-9-3-1-4-10-22/h1,3-4,9-10,13-14,23,27-28,37H,2,5-8,11-12,15-21H2,(H,36,39,40)/t23-,27+,28?/m1/s1. The summed E-state index contributed by atoms with van der Waals surface area (Å²) in [6.07, 6.45) is 9.29. The van der Waals surface area contributed by atoms with Crippen LogP contribution < -0.4 is 10.6 Å². The van der Waals surface area contributed by atoms with Crippen LogP contribution in [0.25, 0.3) is 0 Å². The molecule has 2 N–H and O–H groups in total. The zero-order valence-corrected chi connectivity index (χ0v) is 24.5. The van der Waals surface area contributed by atoms with Crippen molar-refractivity contribution in [3.8, 4) is 0 Å². The lowest BCUT2D eigenvalue weighted by Crippen LogP contribution is -2.59. The van der Waals surface area contributed by atoms with Crippen LogP contribution in [0.4, 0.5) is 4.39 Å². The van der Waals surface area contributed by atoms with Gasteiger partial charge in [0, 0.05) is 23.6 Å². The molecule has 2 heterocycles. The molecular formula is C34H40FN3O5. The molecule has 3 fully saturated rings. The maximum absolute atomic E-state index is 16.0. The molecule has 0 radical (unpaired) electrons. The summed E-state index contributed by atoms with van der Waals surface area (Å²) in [5.41, 5.74) is 1.38. The zero-order chi connectivity index (χ0) is 30.0. The lowest BCUT2D eigenvalue weighted by Gasteiger charge is -2.43. The van der Waals surface area contributed by atoms with E-state index in [0.29, 0.717) is 17.5 Å². The van der Waals surface area contributed by atoms with Gasteiger partial charge in [0.1, 0.15) is 24.0 Å². The topological polar surface area (TPSA) is 105 Å². The number of ether oxygens (including phenoxy) is 1. The number of halogens is 1. The summed E-state index contributed by atoms with van der Waals surface area (Å²) in [7, 11) is 0. The van der Waals surface area contributed by atoms with Gasteiger partial charge in [0.05, 0.1) is 6.54 Å². The predicted molar refractivity (Wildman–Crippen MR) is 157 cm³/mol. The van der Waals surface area contributed by atoms with Gasteiger partial charge in [0.25, 0.3) is 5.91 Å². The number of carbonyl (C=O) groups is 4. The minimum absolute atomic E-state index is 0.0167. The largest absolute Gasteiger partial charge is 0.459 e. The third-order valence-electron chi connectivity index (χ3n) is 9.89. The molecule has 2 aliphatic carbocycles. The number of amides is 3. The molecule has 43 heavy (non-hydrogen) atoms. The molecule has 1 saturated heterocycles. The highest BCUT2D eigenvalue weighted by molar-refractivity contribution is 6.05. The average Bonchev–Trinajstić information content (AvgIpc) is 3.35. The number of hydrogen-bond acceptors (Lipinski definition) is 6. The Morgan fingerprint density at radius 1 is 0.977 bits per heavy atom. The van der Waals surface area contributed by atoms with E-state index in [4.69, 9.17) is 4.74 Å². The Kier molecular flexibility index (Phi) is 8.61. The molecule has 2 saturated carbocycles. The van der Waals surface area contributed by atoms with Gasteiger partial charge in [0.15, 0.2) is 0 Å². The van der Waals surface area contributed by atoms with Gasteiger partial charge < -0.3 is 9.64 Å². The van der Waals surface area contributed by atoms with E-state index < -0.39 is 17.5 Å². The van der Waals surface area contributed by atoms with Gasteiger partial charge in [-0.05, 0) is 61.6 Å². The Bertz CT molecular complexity index is 1390. The van der Waals surface area contributed by atoms with E-state index in [2.05, 4.69) is 10.6 Å². The maximum Gasteiger partial charge on any atom is 0.326 e. The number of benzene rings is 2. The molecule has 2 aromatic carbocycles. The van der Waals surface area contributed by atoms with E-state index in [1.807, 2.05) is 30.3 Å². The number of carbonyl (C=O) groups excluding carboxylic acids is 4. The Balaban J connectivity index is 1.17. The Hall–Kier alpha value is -3.59. The number of piperidine rings is 1. The molecule has 8 nitrogen and oxygen atoms in total. The SMILES string of the molecule is O=C1CCC(N2Cc3c(ccc(C[C@H]4CCCC[C@@H]4NC4(C(=O)OCc5ccccc5)CCCCC4)c3F)C2=O)C(=O)N1. The van der Waals surface area contributed by atoms with Crippen molar-refractivity contribution in [3.63, 3.8) is 0 Å². The molecule has 2 aliphatic heterocycles. The lowest BCUT2D eigenvalue weighted by molar-refractivity contribution is -0.155. The first kappa shape index (κ1) is 29.5. The van der Waals surface area contributed by atoms with Gasteiger partial charge in [-0.2, -0.15) is 0 Å². The van der Waals surface area contributed by atoms with E-state index in [1.54, 1.807) is 12.1 Å².